The van der Waals surface area contributed by atoms with E-state index < -0.39 is 26.8 Å². The van der Waals surface area contributed by atoms with E-state index in [1.54, 1.807) is 0 Å². The van der Waals surface area contributed by atoms with Crippen LogP contribution in [0.4, 0.5) is 4.39 Å². The Kier molecular flexibility index (Phi) is 6.26. The molecule has 1 fully saturated rings. The summed E-state index contributed by atoms with van der Waals surface area (Å²) in [5.41, 5.74) is 0.837. The van der Waals surface area contributed by atoms with Crippen LogP contribution < -0.4 is 9.62 Å². The van der Waals surface area contributed by atoms with Crippen LogP contribution in [0.3, 0.4) is 0 Å². The summed E-state index contributed by atoms with van der Waals surface area (Å²) in [6, 6.07) is 12.4. The molecule has 0 saturated carbocycles. The molecule has 0 aliphatic carbocycles. The van der Waals surface area contributed by atoms with Gasteiger partial charge in [-0.3, -0.25) is 0 Å². The van der Waals surface area contributed by atoms with Crippen LogP contribution in [0.25, 0.3) is 0 Å². The molecule has 0 bridgehead atoms. The third-order valence-electron chi connectivity index (χ3n) is 4.38. The zero-order valence-corrected chi connectivity index (χ0v) is 15.7. The first-order chi connectivity index (χ1) is 12.5. The van der Waals surface area contributed by atoms with Crippen molar-refractivity contribution in [1.82, 2.24) is 4.72 Å². The minimum absolute atomic E-state index is 0.152. The minimum Gasteiger partial charge on any atom is -0.370 e. The first kappa shape index (κ1) is 19.3. The van der Waals surface area contributed by atoms with Gasteiger partial charge in [0, 0.05) is 5.02 Å². The van der Waals surface area contributed by atoms with E-state index in [4.69, 9.17) is 16.3 Å². The van der Waals surface area contributed by atoms with Gasteiger partial charge in [0.15, 0.2) is 0 Å². The number of nitrogens with one attached hydrogen (secondary N) is 2. The van der Waals surface area contributed by atoms with Crippen molar-refractivity contribution in [2.24, 2.45) is 0 Å². The molecule has 1 atom stereocenters. The summed E-state index contributed by atoms with van der Waals surface area (Å²) in [4.78, 5) is 0.837. The molecule has 1 saturated heterocycles. The fourth-order valence-corrected chi connectivity index (χ4v) is 4.45. The Morgan fingerprint density at radius 1 is 1.15 bits per heavy atom. The van der Waals surface area contributed by atoms with Gasteiger partial charge in [-0.25, -0.2) is 12.8 Å². The summed E-state index contributed by atoms with van der Waals surface area (Å²) in [6.07, 6.45) is 0. The second-order valence-electron chi connectivity index (χ2n) is 6.23. The minimum atomic E-state index is -4.03. The molecule has 2 aromatic rings. The number of halogens is 2. The molecule has 26 heavy (non-hydrogen) atoms. The van der Waals surface area contributed by atoms with Gasteiger partial charge < -0.3 is 9.64 Å². The number of sulfonamides is 1. The standard InChI is InChI=1S/C18H20ClFN2O3S/c19-15-6-7-18(16(20)12-15)26(23,24)21-17(14-4-2-1-3-5-14)13-22-8-10-25-11-9-22/h1-7,12,17,21H,8-11,13H2/p+1/t17-/m1/s1. The lowest BCUT2D eigenvalue weighted by Gasteiger charge is -2.28. The highest BCUT2D eigenvalue weighted by Gasteiger charge is 2.28. The lowest BCUT2D eigenvalue weighted by atomic mass is 10.1. The number of quaternary nitrogens is 1. The van der Waals surface area contributed by atoms with Crippen LogP contribution >= 0.6 is 11.6 Å². The molecular weight excluding hydrogens is 379 g/mol. The van der Waals surface area contributed by atoms with E-state index in [0.717, 1.165) is 24.7 Å². The van der Waals surface area contributed by atoms with Crippen LogP contribution in [0.5, 0.6) is 0 Å². The number of rotatable bonds is 6. The summed E-state index contributed by atoms with van der Waals surface area (Å²) >= 11 is 5.73. The largest absolute Gasteiger partial charge is 0.370 e. The van der Waals surface area contributed by atoms with Gasteiger partial charge >= 0.3 is 0 Å². The molecule has 0 unspecified atom stereocenters. The van der Waals surface area contributed by atoms with Crippen molar-refractivity contribution in [2.45, 2.75) is 10.9 Å². The summed E-state index contributed by atoms with van der Waals surface area (Å²) in [6.45, 7) is 3.47. The molecule has 0 amide bonds. The molecule has 0 spiro atoms. The van der Waals surface area contributed by atoms with Crippen LogP contribution in [0.1, 0.15) is 11.6 Å². The van der Waals surface area contributed by atoms with Crippen molar-refractivity contribution < 1.29 is 22.4 Å². The third-order valence-corrected chi connectivity index (χ3v) is 6.12. The van der Waals surface area contributed by atoms with E-state index in [0.29, 0.717) is 19.8 Å². The fourth-order valence-electron chi connectivity index (χ4n) is 3.01. The molecule has 8 heteroatoms. The zero-order valence-electron chi connectivity index (χ0n) is 14.1. The first-order valence-electron chi connectivity index (χ1n) is 8.39. The molecule has 1 aliphatic rings. The predicted octanol–water partition coefficient (Wildman–Crippen LogP) is 1.41. The average Bonchev–Trinajstić information content (AvgIpc) is 2.62. The van der Waals surface area contributed by atoms with Gasteiger partial charge in [0.25, 0.3) is 0 Å². The van der Waals surface area contributed by atoms with Crippen molar-refractivity contribution in [3.8, 4) is 0 Å². The molecule has 0 aromatic heterocycles. The molecule has 1 aliphatic heterocycles. The highest BCUT2D eigenvalue weighted by Crippen LogP contribution is 2.21. The Morgan fingerprint density at radius 2 is 1.85 bits per heavy atom. The van der Waals surface area contributed by atoms with E-state index in [1.807, 2.05) is 30.3 Å². The highest BCUT2D eigenvalue weighted by molar-refractivity contribution is 7.89. The molecular formula is C18H21ClFN2O3S+. The molecule has 1 heterocycles. The topological polar surface area (TPSA) is 59.8 Å². The molecule has 2 aromatic carbocycles. The van der Waals surface area contributed by atoms with Crippen molar-refractivity contribution in [3.05, 3.63) is 64.9 Å². The molecule has 3 rings (SSSR count). The number of ether oxygens (including phenoxy) is 1. The SMILES string of the molecule is O=S(=O)(N[C@H](C[NH+]1CCOCC1)c1ccccc1)c1ccc(Cl)cc1F. The van der Waals surface area contributed by atoms with E-state index in [9.17, 15) is 12.8 Å². The highest BCUT2D eigenvalue weighted by atomic mass is 35.5. The summed E-state index contributed by atoms with van der Waals surface area (Å²) < 4.78 is 47.7. The second kappa shape index (κ2) is 8.45. The van der Waals surface area contributed by atoms with Gasteiger partial charge in [-0.2, -0.15) is 4.72 Å². The Hall–Kier alpha value is -1.51. The van der Waals surface area contributed by atoms with Crippen LogP contribution in [-0.4, -0.2) is 41.3 Å². The van der Waals surface area contributed by atoms with E-state index in [1.165, 1.54) is 17.0 Å². The van der Waals surface area contributed by atoms with Crippen LogP contribution in [0.15, 0.2) is 53.4 Å². The quantitative estimate of drug-likeness (QED) is 0.772. The van der Waals surface area contributed by atoms with Gasteiger partial charge in [0.2, 0.25) is 10.0 Å². The summed E-state index contributed by atoms with van der Waals surface area (Å²) in [5, 5.41) is 0.152. The summed E-state index contributed by atoms with van der Waals surface area (Å²) in [5.74, 6) is -0.865. The van der Waals surface area contributed by atoms with Crippen LogP contribution in [0, 0.1) is 5.82 Å². The van der Waals surface area contributed by atoms with Gasteiger partial charge in [0.05, 0.1) is 25.8 Å². The van der Waals surface area contributed by atoms with Crippen molar-refractivity contribution in [1.29, 1.82) is 0 Å². The van der Waals surface area contributed by atoms with Crippen molar-refractivity contribution >= 4 is 21.6 Å². The smallest absolute Gasteiger partial charge is 0.244 e. The maximum Gasteiger partial charge on any atom is 0.244 e. The molecule has 5 nitrogen and oxygen atoms in total. The number of hydrogen-bond acceptors (Lipinski definition) is 3. The lowest BCUT2D eigenvalue weighted by molar-refractivity contribution is -0.909. The first-order valence-corrected chi connectivity index (χ1v) is 10.3. The van der Waals surface area contributed by atoms with Gasteiger partial charge in [0.1, 0.15) is 23.8 Å². The van der Waals surface area contributed by atoms with Gasteiger partial charge in [-0.15, -0.1) is 0 Å². The zero-order chi connectivity index (χ0) is 18.6. The molecule has 140 valence electrons. The van der Waals surface area contributed by atoms with E-state index >= 15 is 0 Å². The fraction of sp³-hybridized carbons (Fsp3) is 0.333. The maximum absolute atomic E-state index is 14.1. The third kappa shape index (κ3) is 4.81. The second-order valence-corrected chi connectivity index (χ2v) is 8.34. The van der Waals surface area contributed by atoms with E-state index in [-0.39, 0.29) is 5.02 Å². The predicted molar refractivity (Wildman–Crippen MR) is 97.3 cm³/mol. The maximum atomic E-state index is 14.1. The Bertz CT molecular complexity index is 843. The van der Waals surface area contributed by atoms with Gasteiger partial charge in [-0.05, 0) is 23.8 Å². The number of morpholine rings is 1. The number of benzene rings is 2. The lowest BCUT2D eigenvalue weighted by Crippen LogP contribution is -3.14. The monoisotopic (exact) mass is 399 g/mol. The average molecular weight is 400 g/mol. The van der Waals surface area contributed by atoms with Gasteiger partial charge in [-0.1, -0.05) is 41.9 Å². The van der Waals surface area contributed by atoms with Crippen molar-refractivity contribution in [2.75, 3.05) is 32.8 Å². The molecule has 2 N–H and O–H groups in total. The molecule has 0 radical (unpaired) electrons. The summed E-state index contributed by atoms with van der Waals surface area (Å²) in [7, 11) is -4.03. The normalized spacial score (nSPS) is 17.2. The Balaban J connectivity index is 1.86. The van der Waals surface area contributed by atoms with Crippen LogP contribution in [-0.2, 0) is 14.8 Å². The van der Waals surface area contributed by atoms with Crippen molar-refractivity contribution in [3.63, 3.8) is 0 Å². The number of hydrogen-bond donors (Lipinski definition) is 2. The van der Waals surface area contributed by atoms with Crippen LogP contribution in [0.2, 0.25) is 5.02 Å². The Morgan fingerprint density at radius 3 is 2.50 bits per heavy atom. The Labute approximate surface area is 157 Å². The van der Waals surface area contributed by atoms with E-state index in [2.05, 4.69) is 4.72 Å².